The van der Waals surface area contributed by atoms with Crippen molar-refractivity contribution in [3.05, 3.63) is 101 Å². The third-order valence-corrected chi connectivity index (χ3v) is 5.44. The number of carbonyl (C=O) groups is 1. The van der Waals surface area contributed by atoms with Crippen LogP contribution in [0.15, 0.2) is 78.7 Å². The summed E-state index contributed by atoms with van der Waals surface area (Å²) in [5.74, 6) is 0.760. The van der Waals surface area contributed by atoms with Crippen LogP contribution in [0.1, 0.15) is 28.4 Å². The maximum absolute atomic E-state index is 13.8. The molecule has 1 aliphatic heterocycles. The molecule has 0 atom stereocenters. The number of para-hydroxylation sites is 1. The standard InChI is InChI=1S/C26H20FNO3/c1-2-28-15-18(20-8-4-6-10-23(20)28)13-25-26(29)21-12-11-19(14-24(21)31-25)30-16-17-7-3-5-9-22(17)27/h3-15H,2,16H2,1H3. The predicted octanol–water partition coefficient (Wildman–Crippen LogP) is 6.00. The van der Waals surface area contributed by atoms with E-state index in [0.29, 0.717) is 22.6 Å². The fourth-order valence-corrected chi connectivity index (χ4v) is 3.83. The zero-order valence-electron chi connectivity index (χ0n) is 17.0. The molecule has 1 aliphatic rings. The van der Waals surface area contributed by atoms with E-state index >= 15 is 0 Å². The first-order valence-corrected chi connectivity index (χ1v) is 10.2. The third-order valence-electron chi connectivity index (χ3n) is 5.44. The summed E-state index contributed by atoms with van der Waals surface area (Å²) in [5.41, 5.74) is 3.00. The Morgan fingerprint density at radius 1 is 1.06 bits per heavy atom. The molecule has 0 radical (unpaired) electrons. The largest absolute Gasteiger partial charge is 0.489 e. The maximum Gasteiger partial charge on any atom is 0.231 e. The van der Waals surface area contributed by atoms with Crippen molar-refractivity contribution in [3.8, 4) is 11.5 Å². The van der Waals surface area contributed by atoms with Gasteiger partial charge in [-0.15, -0.1) is 0 Å². The van der Waals surface area contributed by atoms with Gasteiger partial charge in [-0.2, -0.15) is 0 Å². The number of allylic oxidation sites excluding steroid dienone is 1. The molecule has 31 heavy (non-hydrogen) atoms. The summed E-state index contributed by atoms with van der Waals surface area (Å²) < 4.78 is 27.5. The maximum atomic E-state index is 13.8. The molecule has 3 aromatic carbocycles. The smallest absolute Gasteiger partial charge is 0.231 e. The molecule has 5 heteroatoms. The first-order chi connectivity index (χ1) is 15.1. The average molecular weight is 413 g/mol. The Hall–Kier alpha value is -3.86. The second-order valence-corrected chi connectivity index (χ2v) is 7.37. The number of aromatic nitrogens is 1. The summed E-state index contributed by atoms with van der Waals surface area (Å²) in [5, 5.41) is 1.07. The summed E-state index contributed by atoms with van der Waals surface area (Å²) >= 11 is 0. The van der Waals surface area contributed by atoms with Crippen LogP contribution < -0.4 is 9.47 Å². The zero-order chi connectivity index (χ0) is 21.4. The van der Waals surface area contributed by atoms with Gasteiger partial charge in [0.25, 0.3) is 0 Å². The molecule has 0 aliphatic carbocycles. The second-order valence-electron chi connectivity index (χ2n) is 7.37. The molecule has 0 saturated heterocycles. The summed E-state index contributed by atoms with van der Waals surface area (Å²) in [6, 6.07) is 19.6. The molecule has 154 valence electrons. The van der Waals surface area contributed by atoms with Crippen LogP contribution in [0.25, 0.3) is 17.0 Å². The Morgan fingerprint density at radius 2 is 1.87 bits per heavy atom. The van der Waals surface area contributed by atoms with Gasteiger partial charge in [0.05, 0.1) is 5.56 Å². The lowest BCUT2D eigenvalue weighted by atomic mass is 10.1. The molecular weight excluding hydrogens is 393 g/mol. The minimum atomic E-state index is -0.313. The monoisotopic (exact) mass is 413 g/mol. The normalized spacial score (nSPS) is 14.1. The van der Waals surface area contributed by atoms with Crippen molar-refractivity contribution >= 4 is 22.8 Å². The Balaban J connectivity index is 1.41. The van der Waals surface area contributed by atoms with Gasteiger partial charge in [0.2, 0.25) is 5.78 Å². The van der Waals surface area contributed by atoms with Gasteiger partial charge in [0, 0.05) is 40.8 Å². The number of fused-ring (bicyclic) bond motifs is 2. The lowest BCUT2D eigenvalue weighted by Crippen LogP contribution is -1.98. The molecule has 0 spiro atoms. The highest BCUT2D eigenvalue weighted by molar-refractivity contribution is 6.15. The Bertz CT molecular complexity index is 1340. The topological polar surface area (TPSA) is 40.5 Å². The van der Waals surface area contributed by atoms with Crippen molar-refractivity contribution in [1.29, 1.82) is 0 Å². The van der Waals surface area contributed by atoms with Crippen molar-refractivity contribution in [2.45, 2.75) is 20.1 Å². The van der Waals surface area contributed by atoms with Crippen molar-refractivity contribution in [3.63, 3.8) is 0 Å². The van der Waals surface area contributed by atoms with Crippen molar-refractivity contribution in [2.24, 2.45) is 0 Å². The number of aryl methyl sites for hydroxylation is 1. The Labute approximate surface area is 179 Å². The van der Waals surface area contributed by atoms with E-state index in [2.05, 4.69) is 17.6 Å². The average Bonchev–Trinajstić information content (AvgIpc) is 3.30. The lowest BCUT2D eigenvalue weighted by Gasteiger charge is -2.08. The third kappa shape index (κ3) is 3.48. The van der Waals surface area contributed by atoms with Crippen LogP contribution in [-0.4, -0.2) is 10.4 Å². The number of ketones is 1. The number of nitrogens with zero attached hydrogens (tertiary/aromatic N) is 1. The van der Waals surface area contributed by atoms with E-state index < -0.39 is 0 Å². The van der Waals surface area contributed by atoms with Crippen LogP contribution in [0.5, 0.6) is 11.5 Å². The minimum absolute atomic E-state index is 0.0959. The molecule has 2 heterocycles. The predicted molar refractivity (Wildman–Crippen MR) is 118 cm³/mol. The van der Waals surface area contributed by atoms with Crippen LogP contribution in [0.2, 0.25) is 0 Å². The van der Waals surface area contributed by atoms with Gasteiger partial charge in [0.15, 0.2) is 5.76 Å². The molecule has 0 N–H and O–H groups in total. The molecule has 0 fully saturated rings. The van der Waals surface area contributed by atoms with Crippen LogP contribution in [0, 0.1) is 5.82 Å². The van der Waals surface area contributed by atoms with Crippen molar-refractivity contribution < 1.29 is 18.7 Å². The van der Waals surface area contributed by atoms with E-state index in [-0.39, 0.29) is 24.0 Å². The molecule has 5 rings (SSSR count). The second kappa shape index (κ2) is 7.76. The minimum Gasteiger partial charge on any atom is -0.489 e. The first-order valence-electron chi connectivity index (χ1n) is 10.2. The van der Waals surface area contributed by atoms with E-state index in [1.54, 1.807) is 42.5 Å². The first kappa shape index (κ1) is 19.1. The molecule has 0 bridgehead atoms. The molecule has 4 nitrogen and oxygen atoms in total. The van der Waals surface area contributed by atoms with E-state index in [1.807, 2.05) is 24.4 Å². The lowest BCUT2D eigenvalue weighted by molar-refractivity contribution is 0.101. The number of benzene rings is 3. The van der Waals surface area contributed by atoms with E-state index in [4.69, 9.17) is 9.47 Å². The zero-order valence-corrected chi connectivity index (χ0v) is 17.0. The summed E-state index contributed by atoms with van der Waals surface area (Å²) in [4.78, 5) is 12.9. The van der Waals surface area contributed by atoms with E-state index in [1.165, 1.54) is 6.07 Å². The van der Waals surface area contributed by atoms with Gasteiger partial charge in [0.1, 0.15) is 23.9 Å². The van der Waals surface area contributed by atoms with Gasteiger partial charge < -0.3 is 14.0 Å². The number of rotatable bonds is 5. The highest BCUT2D eigenvalue weighted by Gasteiger charge is 2.28. The number of hydrogen-bond acceptors (Lipinski definition) is 3. The Kier molecular flexibility index (Phi) is 4.79. The Morgan fingerprint density at radius 3 is 2.71 bits per heavy atom. The number of carbonyl (C=O) groups excluding carboxylic acids is 1. The number of hydrogen-bond donors (Lipinski definition) is 0. The van der Waals surface area contributed by atoms with Gasteiger partial charge in [-0.05, 0) is 37.3 Å². The van der Waals surface area contributed by atoms with Crippen LogP contribution >= 0.6 is 0 Å². The van der Waals surface area contributed by atoms with Gasteiger partial charge in [-0.25, -0.2) is 4.39 Å². The molecule has 0 saturated carbocycles. The molecule has 0 unspecified atom stereocenters. The van der Waals surface area contributed by atoms with Crippen LogP contribution in [-0.2, 0) is 13.2 Å². The fraction of sp³-hybridized carbons (Fsp3) is 0.115. The molecule has 0 amide bonds. The van der Waals surface area contributed by atoms with E-state index in [0.717, 1.165) is 23.0 Å². The number of ether oxygens (including phenoxy) is 2. The number of Topliss-reactive ketones (excluding diaryl/α,β-unsaturated/α-hetero) is 1. The number of halogens is 1. The highest BCUT2D eigenvalue weighted by atomic mass is 19.1. The van der Waals surface area contributed by atoms with Crippen LogP contribution in [0.3, 0.4) is 0 Å². The molecule has 1 aromatic heterocycles. The fourth-order valence-electron chi connectivity index (χ4n) is 3.83. The molecule has 4 aromatic rings. The van der Waals surface area contributed by atoms with E-state index in [9.17, 15) is 9.18 Å². The van der Waals surface area contributed by atoms with Gasteiger partial charge in [-0.1, -0.05) is 36.4 Å². The van der Waals surface area contributed by atoms with Gasteiger partial charge in [-0.3, -0.25) is 4.79 Å². The highest BCUT2D eigenvalue weighted by Crippen LogP contribution is 2.36. The molecular formula is C26H20FNO3. The van der Waals surface area contributed by atoms with Crippen molar-refractivity contribution in [1.82, 2.24) is 4.57 Å². The van der Waals surface area contributed by atoms with Gasteiger partial charge >= 0.3 is 0 Å². The van der Waals surface area contributed by atoms with Crippen LogP contribution in [0.4, 0.5) is 4.39 Å². The summed E-state index contributed by atoms with van der Waals surface area (Å²) in [6.45, 7) is 3.01. The SMILES string of the molecule is CCn1cc(C=C2Oc3cc(OCc4ccccc4F)ccc3C2=O)c2ccccc21. The quantitative estimate of drug-likeness (QED) is 0.377. The summed E-state index contributed by atoms with van der Waals surface area (Å²) in [7, 11) is 0. The summed E-state index contributed by atoms with van der Waals surface area (Å²) in [6.07, 6.45) is 3.82. The van der Waals surface area contributed by atoms with Crippen molar-refractivity contribution in [2.75, 3.05) is 0 Å².